The van der Waals surface area contributed by atoms with Crippen LogP contribution in [-0.4, -0.2) is 45.6 Å². The maximum atomic E-state index is 14.3. The Morgan fingerprint density at radius 2 is 2.12 bits per heavy atom. The maximum Gasteiger partial charge on any atom is 0.254 e. The van der Waals surface area contributed by atoms with Gasteiger partial charge < -0.3 is 10.2 Å². The van der Waals surface area contributed by atoms with Crippen LogP contribution < -0.4 is 5.32 Å². The summed E-state index contributed by atoms with van der Waals surface area (Å²) in [6, 6.07) is 5.88. The van der Waals surface area contributed by atoms with Gasteiger partial charge in [-0.1, -0.05) is 0 Å². The molecule has 0 radical (unpaired) electrons. The molecule has 0 unspecified atom stereocenters. The van der Waals surface area contributed by atoms with Crippen LogP contribution in [0.1, 0.15) is 31.1 Å². The Hall–Kier alpha value is -2.70. The standard InChI is InChI=1S/C17H21FN4O2/c1-4-21(11-16(23)20-12(2)3)17(24)13-6-7-15(14(18)10-13)22-9-5-8-19-22/h5-10,12H,4,11H2,1-3H3,(H,20,23). The molecule has 1 aromatic carbocycles. The fourth-order valence-corrected chi connectivity index (χ4v) is 2.29. The zero-order valence-electron chi connectivity index (χ0n) is 14.0. The molecule has 0 spiro atoms. The SMILES string of the molecule is CCN(CC(=O)NC(C)C)C(=O)c1ccc(-n2cccn2)c(F)c1. The quantitative estimate of drug-likeness (QED) is 0.880. The number of benzene rings is 1. The van der Waals surface area contributed by atoms with E-state index in [1.807, 2.05) is 13.8 Å². The highest BCUT2D eigenvalue weighted by molar-refractivity contribution is 5.96. The number of rotatable bonds is 6. The van der Waals surface area contributed by atoms with E-state index in [2.05, 4.69) is 10.4 Å². The summed E-state index contributed by atoms with van der Waals surface area (Å²) >= 11 is 0. The fourth-order valence-electron chi connectivity index (χ4n) is 2.29. The van der Waals surface area contributed by atoms with E-state index in [1.165, 1.54) is 27.8 Å². The number of nitrogens with one attached hydrogen (secondary N) is 1. The predicted octanol–water partition coefficient (Wildman–Crippen LogP) is 2.00. The van der Waals surface area contributed by atoms with Gasteiger partial charge in [-0.05, 0) is 45.0 Å². The molecule has 2 rings (SSSR count). The molecule has 1 aromatic heterocycles. The van der Waals surface area contributed by atoms with Crippen molar-refractivity contribution in [2.75, 3.05) is 13.1 Å². The third-order valence-corrected chi connectivity index (χ3v) is 3.40. The van der Waals surface area contributed by atoms with Crippen molar-refractivity contribution in [2.45, 2.75) is 26.8 Å². The van der Waals surface area contributed by atoms with Crippen molar-refractivity contribution in [1.29, 1.82) is 0 Å². The van der Waals surface area contributed by atoms with Crippen molar-refractivity contribution in [3.63, 3.8) is 0 Å². The van der Waals surface area contributed by atoms with Gasteiger partial charge in [0.05, 0.1) is 6.54 Å². The van der Waals surface area contributed by atoms with E-state index >= 15 is 0 Å². The number of carbonyl (C=O) groups excluding carboxylic acids is 2. The van der Waals surface area contributed by atoms with Gasteiger partial charge in [-0.3, -0.25) is 9.59 Å². The monoisotopic (exact) mass is 332 g/mol. The normalized spacial score (nSPS) is 10.7. The average Bonchev–Trinajstić information content (AvgIpc) is 3.05. The summed E-state index contributed by atoms with van der Waals surface area (Å²) in [5, 5.41) is 6.70. The van der Waals surface area contributed by atoms with Crippen molar-refractivity contribution in [2.24, 2.45) is 0 Å². The van der Waals surface area contributed by atoms with Crippen molar-refractivity contribution >= 4 is 11.8 Å². The van der Waals surface area contributed by atoms with Crippen LogP contribution in [0.15, 0.2) is 36.7 Å². The zero-order chi connectivity index (χ0) is 17.7. The molecule has 1 N–H and O–H groups in total. The molecule has 2 amide bonds. The third kappa shape index (κ3) is 4.18. The Labute approximate surface area is 140 Å². The lowest BCUT2D eigenvalue weighted by molar-refractivity contribution is -0.122. The summed E-state index contributed by atoms with van der Waals surface area (Å²) in [6.45, 7) is 5.76. The lowest BCUT2D eigenvalue weighted by Gasteiger charge is -2.21. The first-order valence-electron chi connectivity index (χ1n) is 7.80. The van der Waals surface area contributed by atoms with Crippen LogP contribution in [0.4, 0.5) is 4.39 Å². The third-order valence-electron chi connectivity index (χ3n) is 3.40. The second-order valence-electron chi connectivity index (χ2n) is 5.66. The molecule has 0 fully saturated rings. The molecule has 2 aromatic rings. The smallest absolute Gasteiger partial charge is 0.254 e. The minimum Gasteiger partial charge on any atom is -0.352 e. The number of carbonyl (C=O) groups is 2. The summed E-state index contributed by atoms with van der Waals surface area (Å²) < 4.78 is 15.7. The van der Waals surface area contributed by atoms with Gasteiger partial charge in [0.1, 0.15) is 11.5 Å². The molecule has 0 aliphatic heterocycles. The summed E-state index contributed by atoms with van der Waals surface area (Å²) in [4.78, 5) is 25.7. The van der Waals surface area contributed by atoms with Gasteiger partial charge >= 0.3 is 0 Å². The van der Waals surface area contributed by atoms with Crippen LogP contribution in [0, 0.1) is 5.82 Å². The van der Waals surface area contributed by atoms with Gasteiger partial charge in [0.2, 0.25) is 5.91 Å². The van der Waals surface area contributed by atoms with Crippen LogP contribution in [0.3, 0.4) is 0 Å². The van der Waals surface area contributed by atoms with E-state index in [0.717, 1.165) is 0 Å². The Balaban J connectivity index is 2.16. The van der Waals surface area contributed by atoms with Gasteiger partial charge in [-0.15, -0.1) is 0 Å². The van der Waals surface area contributed by atoms with Crippen molar-refractivity contribution < 1.29 is 14.0 Å². The molecule has 24 heavy (non-hydrogen) atoms. The largest absolute Gasteiger partial charge is 0.352 e. The number of nitrogens with zero attached hydrogens (tertiary/aromatic N) is 3. The second-order valence-corrected chi connectivity index (χ2v) is 5.66. The number of likely N-dealkylation sites (N-methyl/N-ethyl adjacent to an activating group) is 1. The highest BCUT2D eigenvalue weighted by Gasteiger charge is 2.19. The fraction of sp³-hybridized carbons (Fsp3) is 0.353. The van der Waals surface area contributed by atoms with E-state index in [0.29, 0.717) is 6.54 Å². The molecule has 1 heterocycles. The van der Waals surface area contributed by atoms with E-state index in [9.17, 15) is 14.0 Å². The van der Waals surface area contributed by atoms with E-state index in [4.69, 9.17) is 0 Å². The van der Waals surface area contributed by atoms with Crippen molar-refractivity contribution in [3.05, 3.63) is 48.0 Å². The Kier molecular flexibility index (Phi) is 5.68. The predicted molar refractivity (Wildman–Crippen MR) is 88.4 cm³/mol. The van der Waals surface area contributed by atoms with Crippen LogP contribution in [0.5, 0.6) is 0 Å². The number of halogens is 1. The molecular weight excluding hydrogens is 311 g/mol. The maximum absolute atomic E-state index is 14.3. The molecule has 128 valence electrons. The molecule has 7 heteroatoms. The minimum absolute atomic E-state index is 0.00268. The highest BCUT2D eigenvalue weighted by atomic mass is 19.1. The average molecular weight is 332 g/mol. The molecule has 0 aliphatic carbocycles. The molecule has 0 aliphatic rings. The zero-order valence-corrected chi connectivity index (χ0v) is 14.0. The van der Waals surface area contributed by atoms with E-state index < -0.39 is 5.82 Å². The van der Waals surface area contributed by atoms with Crippen LogP contribution in [0.25, 0.3) is 5.69 Å². The molecule has 0 saturated carbocycles. The van der Waals surface area contributed by atoms with Crippen LogP contribution in [-0.2, 0) is 4.79 Å². The van der Waals surface area contributed by atoms with Gasteiger partial charge in [0, 0.05) is 30.5 Å². The summed E-state index contributed by atoms with van der Waals surface area (Å²) in [7, 11) is 0. The first-order chi connectivity index (χ1) is 11.4. The van der Waals surface area contributed by atoms with Gasteiger partial charge in [0.25, 0.3) is 5.91 Å². The Morgan fingerprint density at radius 1 is 1.38 bits per heavy atom. The molecule has 6 nitrogen and oxygen atoms in total. The van der Waals surface area contributed by atoms with Gasteiger partial charge in [-0.2, -0.15) is 5.10 Å². The van der Waals surface area contributed by atoms with Crippen LogP contribution >= 0.6 is 0 Å². The number of amides is 2. The molecular formula is C17H21FN4O2. The van der Waals surface area contributed by atoms with Gasteiger partial charge in [0.15, 0.2) is 0 Å². The van der Waals surface area contributed by atoms with Crippen LogP contribution in [0.2, 0.25) is 0 Å². The summed E-state index contributed by atoms with van der Waals surface area (Å²) in [6.07, 6.45) is 3.17. The van der Waals surface area contributed by atoms with Crippen molar-refractivity contribution in [1.82, 2.24) is 20.0 Å². The Bertz CT molecular complexity index is 713. The molecule has 0 saturated heterocycles. The Morgan fingerprint density at radius 3 is 2.67 bits per heavy atom. The van der Waals surface area contributed by atoms with E-state index in [-0.39, 0.29) is 35.7 Å². The topological polar surface area (TPSA) is 67.2 Å². The van der Waals surface area contributed by atoms with E-state index in [1.54, 1.807) is 25.4 Å². The first-order valence-corrected chi connectivity index (χ1v) is 7.80. The molecule has 0 bridgehead atoms. The highest BCUT2D eigenvalue weighted by Crippen LogP contribution is 2.15. The first kappa shape index (κ1) is 17.7. The number of hydrogen-bond acceptors (Lipinski definition) is 3. The molecule has 0 atom stereocenters. The van der Waals surface area contributed by atoms with Crippen molar-refractivity contribution in [3.8, 4) is 5.69 Å². The second kappa shape index (κ2) is 7.72. The summed E-state index contributed by atoms with van der Waals surface area (Å²) in [5.41, 5.74) is 0.458. The number of hydrogen-bond donors (Lipinski definition) is 1. The van der Waals surface area contributed by atoms with Gasteiger partial charge in [-0.25, -0.2) is 9.07 Å². The lowest BCUT2D eigenvalue weighted by atomic mass is 10.1. The number of aromatic nitrogens is 2. The minimum atomic E-state index is -0.549. The lowest BCUT2D eigenvalue weighted by Crippen LogP contribution is -2.42. The summed E-state index contributed by atoms with van der Waals surface area (Å²) in [5.74, 6) is -1.18.